The Morgan fingerprint density at radius 3 is 2.33 bits per heavy atom. The summed E-state index contributed by atoms with van der Waals surface area (Å²) in [6.07, 6.45) is 0. The van der Waals surface area contributed by atoms with Gasteiger partial charge >= 0.3 is 0 Å². The first-order valence-electron chi connectivity index (χ1n) is 8.65. The molecule has 0 bridgehead atoms. The van der Waals surface area contributed by atoms with Crippen molar-refractivity contribution in [1.82, 2.24) is 9.78 Å². The molecule has 0 aliphatic rings. The van der Waals surface area contributed by atoms with Gasteiger partial charge in [-0.2, -0.15) is 5.10 Å². The highest BCUT2D eigenvalue weighted by atomic mass is 35.5. The van der Waals surface area contributed by atoms with Crippen LogP contribution in [0.25, 0.3) is 16.8 Å². The summed E-state index contributed by atoms with van der Waals surface area (Å²) in [7, 11) is 0. The molecule has 0 radical (unpaired) electrons. The molecule has 0 unspecified atom stereocenters. The van der Waals surface area contributed by atoms with E-state index >= 15 is 0 Å². The summed E-state index contributed by atoms with van der Waals surface area (Å²) < 4.78 is 1.58. The number of carbonyl (C=O) groups excluding carboxylic acids is 1. The number of aryl methyl sites for hydroxylation is 1. The maximum atomic E-state index is 13.0. The van der Waals surface area contributed by atoms with Gasteiger partial charge in [-0.1, -0.05) is 61.8 Å². The van der Waals surface area contributed by atoms with Crippen LogP contribution in [0.1, 0.15) is 19.5 Å². The largest absolute Gasteiger partial charge is 0.310 e. The van der Waals surface area contributed by atoms with E-state index in [0.29, 0.717) is 27.7 Å². The van der Waals surface area contributed by atoms with Crippen molar-refractivity contribution in [3.8, 4) is 16.8 Å². The molecule has 0 fully saturated rings. The van der Waals surface area contributed by atoms with E-state index in [9.17, 15) is 9.59 Å². The lowest BCUT2D eigenvalue weighted by atomic mass is 10.0. The number of benzene rings is 2. The highest BCUT2D eigenvalue weighted by Gasteiger charge is 2.22. The maximum absolute atomic E-state index is 13.0. The van der Waals surface area contributed by atoms with Crippen LogP contribution in [-0.2, 0) is 4.79 Å². The van der Waals surface area contributed by atoms with E-state index in [4.69, 9.17) is 11.6 Å². The first-order chi connectivity index (χ1) is 12.9. The van der Waals surface area contributed by atoms with Crippen molar-refractivity contribution in [2.45, 2.75) is 20.8 Å². The van der Waals surface area contributed by atoms with Crippen molar-refractivity contribution in [1.29, 1.82) is 0 Å². The fourth-order valence-corrected chi connectivity index (χ4v) is 2.92. The fraction of sp³-hybridized carbons (Fsp3) is 0.190. The lowest BCUT2D eigenvalue weighted by molar-refractivity contribution is -0.118. The average molecular weight is 382 g/mol. The molecule has 6 heteroatoms. The van der Waals surface area contributed by atoms with Crippen LogP contribution in [0.3, 0.4) is 0 Å². The van der Waals surface area contributed by atoms with Gasteiger partial charge in [0.2, 0.25) is 11.3 Å². The number of hydrogen-bond acceptors (Lipinski definition) is 3. The highest BCUT2D eigenvalue weighted by molar-refractivity contribution is 6.33. The minimum atomic E-state index is -0.269. The van der Waals surface area contributed by atoms with Crippen LogP contribution >= 0.6 is 11.6 Å². The molecular weight excluding hydrogens is 362 g/mol. The van der Waals surface area contributed by atoms with Gasteiger partial charge in [0.05, 0.1) is 11.3 Å². The minimum absolute atomic E-state index is 0.210. The molecule has 0 saturated carbocycles. The van der Waals surface area contributed by atoms with Crippen molar-refractivity contribution in [2.75, 3.05) is 5.32 Å². The van der Waals surface area contributed by atoms with E-state index in [1.165, 1.54) is 0 Å². The third-order valence-electron chi connectivity index (χ3n) is 4.16. The number of nitrogens with one attached hydrogen (secondary N) is 1. The summed E-state index contributed by atoms with van der Waals surface area (Å²) in [6, 6.07) is 16.4. The Morgan fingerprint density at radius 1 is 1.07 bits per heavy atom. The number of halogens is 1. The fourth-order valence-electron chi connectivity index (χ4n) is 2.69. The summed E-state index contributed by atoms with van der Waals surface area (Å²) in [5.74, 6) is -0.161. The maximum Gasteiger partial charge on any atom is 0.228 e. The number of hydrogen-bond donors (Lipinski definition) is 1. The Morgan fingerprint density at radius 2 is 1.70 bits per heavy atom. The second-order valence-electron chi connectivity index (χ2n) is 6.51. The number of rotatable bonds is 4. The third-order valence-corrected chi connectivity index (χ3v) is 4.49. The van der Waals surface area contributed by atoms with E-state index in [2.05, 4.69) is 10.4 Å². The SMILES string of the molecule is Cc1nn(-c2ccccc2)c(NC(=O)C(C)C)c(-c2ccccc2Cl)c1=O. The number of nitrogens with zero attached hydrogens (tertiary/aromatic N) is 2. The molecule has 3 aromatic rings. The number of aromatic nitrogens is 2. The third kappa shape index (κ3) is 3.78. The summed E-state index contributed by atoms with van der Waals surface area (Å²) >= 11 is 6.37. The van der Waals surface area contributed by atoms with Gasteiger partial charge < -0.3 is 5.32 Å². The molecule has 0 spiro atoms. The number of carbonyl (C=O) groups is 1. The molecule has 1 aromatic heterocycles. The molecule has 1 N–H and O–H groups in total. The minimum Gasteiger partial charge on any atom is -0.310 e. The number of amides is 1. The van der Waals surface area contributed by atoms with Crippen LogP contribution in [0.2, 0.25) is 5.02 Å². The van der Waals surface area contributed by atoms with E-state index < -0.39 is 0 Å². The number of anilines is 1. The van der Waals surface area contributed by atoms with Crippen LogP contribution in [-0.4, -0.2) is 15.7 Å². The standard InChI is InChI=1S/C21H20ClN3O2/c1-13(2)21(27)23-20-18(16-11-7-8-12-17(16)22)19(26)14(3)24-25(20)15-9-5-4-6-10-15/h4-13H,1-3H3,(H,23,27). The molecule has 1 amide bonds. The molecule has 5 nitrogen and oxygen atoms in total. The zero-order valence-electron chi connectivity index (χ0n) is 15.4. The van der Waals surface area contributed by atoms with Gasteiger partial charge in [-0.25, -0.2) is 4.68 Å². The van der Waals surface area contributed by atoms with Crippen molar-refractivity contribution in [3.63, 3.8) is 0 Å². The first kappa shape index (κ1) is 18.9. The molecule has 2 aromatic carbocycles. The molecule has 27 heavy (non-hydrogen) atoms. The van der Waals surface area contributed by atoms with E-state index in [1.54, 1.807) is 49.7 Å². The van der Waals surface area contributed by atoms with Gasteiger partial charge in [0, 0.05) is 16.5 Å². The normalized spacial score (nSPS) is 10.9. The van der Waals surface area contributed by atoms with Crippen molar-refractivity contribution in [3.05, 3.63) is 75.5 Å². The van der Waals surface area contributed by atoms with Gasteiger partial charge in [0.25, 0.3) is 0 Å². The number of para-hydroxylation sites is 1. The molecule has 0 aliphatic carbocycles. The Hall–Kier alpha value is -2.92. The van der Waals surface area contributed by atoms with E-state index in [1.807, 2.05) is 30.3 Å². The predicted octanol–water partition coefficient (Wildman–Crippen LogP) is 4.46. The van der Waals surface area contributed by atoms with Crippen LogP contribution in [0.15, 0.2) is 59.4 Å². The van der Waals surface area contributed by atoms with Crippen molar-refractivity contribution in [2.24, 2.45) is 5.92 Å². The average Bonchev–Trinajstić information content (AvgIpc) is 2.66. The van der Waals surface area contributed by atoms with Gasteiger partial charge in [0.1, 0.15) is 11.5 Å². The quantitative estimate of drug-likeness (QED) is 0.725. The van der Waals surface area contributed by atoms with Crippen LogP contribution < -0.4 is 10.7 Å². The molecule has 0 saturated heterocycles. The Balaban J connectivity index is 2.37. The molecule has 0 atom stereocenters. The highest BCUT2D eigenvalue weighted by Crippen LogP contribution is 2.32. The second-order valence-corrected chi connectivity index (χ2v) is 6.92. The molecule has 138 valence electrons. The van der Waals surface area contributed by atoms with Gasteiger partial charge in [0.15, 0.2) is 0 Å². The summed E-state index contributed by atoms with van der Waals surface area (Å²) in [4.78, 5) is 25.5. The Kier molecular flexibility index (Phi) is 5.42. The van der Waals surface area contributed by atoms with Gasteiger partial charge in [-0.05, 0) is 25.1 Å². The first-order valence-corrected chi connectivity index (χ1v) is 9.03. The van der Waals surface area contributed by atoms with Crippen molar-refractivity contribution >= 4 is 23.3 Å². The Bertz CT molecular complexity index is 1040. The summed E-state index contributed by atoms with van der Waals surface area (Å²) in [5, 5.41) is 7.72. The van der Waals surface area contributed by atoms with Crippen molar-refractivity contribution < 1.29 is 4.79 Å². The monoisotopic (exact) mass is 381 g/mol. The zero-order chi connectivity index (χ0) is 19.6. The van der Waals surface area contributed by atoms with Gasteiger partial charge in [-0.15, -0.1) is 0 Å². The van der Waals surface area contributed by atoms with Crippen LogP contribution in [0.5, 0.6) is 0 Å². The van der Waals surface area contributed by atoms with E-state index in [0.717, 1.165) is 5.69 Å². The lowest BCUT2D eigenvalue weighted by Crippen LogP contribution is -2.26. The summed E-state index contributed by atoms with van der Waals surface area (Å²) in [6.45, 7) is 5.23. The van der Waals surface area contributed by atoms with Crippen LogP contribution in [0.4, 0.5) is 5.82 Å². The topological polar surface area (TPSA) is 64.0 Å². The van der Waals surface area contributed by atoms with Crippen LogP contribution in [0, 0.1) is 12.8 Å². The predicted molar refractivity (Wildman–Crippen MR) is 108 cm³/mol. The molecule has 3 rings (SSSR count). The summed E-state index contributed by atoms with van der Waals surface area (Å²) in [5.41, 5.74) is 1.66. The lowest BCUT2D eigenvalue weighted by Gasteiger charge is -2.19. The molecule has 1 heterocycles. The Labute approximate surface area is 162 Å². The van der Waals surface area contributed by atoms with Gasteiger partial charge in [-0.3, -0.25) is 9.59 Å². The molecular formula is C21H20ClN3O2. The van der Waals surface area contributed by atoms with E-state index in [-0.39, 0.29) is 17.3 Å². The molecule has 0 aliphatic heterocycles. The smallest absolute Gasteiger partial charge is 0.228 e. The zero-order valence-corrected chi connectivity index (χ0v) is 16.1. The second kappa shape index (κ2) is 7.76.